The van der Waals surface area contributed by atoms with Crippen molar-refractivity contribution in [3.63, 3.8) is 0 Å². The Kier molecular flexibility index (Phi) is 4.12. The Labute approximate surface area is 127 Å². The van der Waals surface area contributed by atoms with Gasteiger partial charge in [0, 0.05) is 11.1 Å². The average molecular weight is 324 g/mol. The second-order valence-corrected chi connectivity index (χ2v) is 4.49. The Bertz CT molecular complexity index is 861. The zero-order chi connectivity index (χ0) is 17.3. The van der Waals surface area contributed by atoms with Crippen LogP contribution in [-0.4, -0.2) is 27.1 Å². The van der Waals surface area contributed by atoms with E-state index in [9.17, 15) is 33.4 Å². The molecular weight excluding hydrogens is 314 g/mol. The first-order valence-corrected chi connectivity index (χ1v) is 6.15. The Morgan fingerprint density at radius 2 is 1.65 bits per heavy atom. The van der Waals surface area contributed by atoms with Gasteiger partial charge in [0.15, 0.2) is 0 Å². The van der Waals surface area contributed by atoms with Gasteiger partial charge in [0.1, 0.15) is 16.9 Å². The normalized spacial score (nSPS) is 10.7. The summed E-state index contributed by atoms with van der Waals surface area (Å²) in [5.41, 5.74) is 0.896. The number of carboxylic acids is 2. The third-order valence-corrected chi connectivity index (χ3v) is 3.14. The number of anilines is 1. The van der Waals surface area contributed by atoms with Crippen LogP contribution in [0.4, 0.5) is 14.6 Å². The van der Waals surface area contributed by atoms with Crippen LogP contribution in [-0.2, 0) is 0 Å². The highest BCUT2D eigenvalue weighted by atomic mass is 19.3. The van der Waals surface area contributed by atoms with Gasteiger partial charge in [-0.3, -0.25) is 4.79 Å². The van der Waals surface area contributed by atoms with Crippen molar-refractivity contribution in [2.24, 2.45) is 0 Å². The molecule has 0 aliphatic rings. The number of hydrogen-bond donors (Lipinski definition) is 4. The number of rotatable bonds is 4. The van der Waals surface area contributed by atoms with E-state index in [4.69, 9.17) is 5.73 Å². The van der Waals surface area contributed by atoms with E-state index in [-0.39, 0.29) is 5.56 Å². The molecule has 2 rings (SSSR count). The Balaban J connectivity index is 3.04. The maximum absolute atomic E-state index is 13.2. The van der Waals surface area contributed by atoms with Gasteiger partial charge < -0.3 is 20.9 Å². The summed E-state index contributed by atoms with van der Waals surface area (Å²) >= 11 is 0. The molecule has 9 heteroatoms. The van der Waals surface area contributed by atoms with Crippen LogP contribution in [0, 0.1) is 0 Å². The van der Waals surface area contributed by atoms with Gasteiger partial charge in [0.05, 0.1) is 0 Å². The number of aromatic nitrogens is 1. The van der Waals surface area contributed by atoms with E-state index in [1.807, 2.05) is 4.98 Å². The molecule has 1 heterocycles. The molecular formula is C14H10F2N2O5. The molecule has 7 nitrogen and oxygen atoms in total. The first kappa shape index (κ1) is 16.1. The van der Waals surface area contributed by atoms with Crippen molar-refractivity contribution in [3.05, 3.63) is 51.3 Å². The summed E-state index contributed by atoms with van der Waals surface area (Å²) in [7, 11) is 0. The molecule has 0 saturated carbocycles. The summed E-state index contributed by atoms with van der Waals surface area (Å²) in [5, 5.41) is 18.4. The maximum Gasteiger partial charge on any atom is 0.342 e. The van der Waals surface area contributed by atoms with E-state index in [1.54, 1.807) is 0 Å². The van der Waals surface area contributed by atoms with E-state index in [0.717, 1.165) is 12.1 Å². The van der Waals surface area contributed by atoms with Crippen molar-refractivity contribution >= 4 is 17.8 Å². The number of hydrogen-bond acceptors (Lipinski definition) is 4. The largest absolute Gasteiger partial charge is 0.478 e. The zero-order valence-corrected chi connectivity index (χ0v) is 11.3. The molecule has 0 fully saturated rings. The number of alkyl halides is 2. The van der Waals surface area contributed by atoms with E-state index in [1.165, 1.54) is 12.1 Å². The molecule has 1 aromatic carbocycles. The summed E-state index contributed by atoms with van der Waals surface area (Å²) in [4.78, 5) is 36.5. The number of benzene rings is 1. The predicted octanol–water partition coefficient (Wildman–Crippen LogP) is 1.96. The highest BCUT2D eigenvalue weighted by Crippen LogP contribution is 2.35. The lowest BCUT2D eigenvalue weighted by Gasteiger charge is -2.15. The molecule has 5 N–H and O–H groups in total. The van der Waals surface area contributed by atoms with Crippen molar-refractivity contribution in [3.8, 4) is 11.1 Å². The number of aromatic carboxylic acids is 2. The van der Waals surface area contributed by atoms with Crippen molar-refractivity contribution < 1.29 is 28.6 Å². The third kappa shape index (κ3) is 2.76. The molecule has 0 bridgehead atoms. The number of carboxylic acid groups (broad SMARTS) is 2. The molecule has 0 radical (unpaired) electrons. The van der Waals surface area contributed by atoms with Crippen molar-refractivity contribution in [1.82, 2.24) is 4.98 Å². The molecule has 0 saturated heterocycles. The Hall–Kier alpha value is -3.23. The number of H-pyrrole nitrogens is 1. The molecule has 120 valence electrons. The molecule has 1 aromatic heterocycles. The van der Waals surface area contributed by atoms with E-state index >= 15 is 0 Å². The smallest absolute Gasteiger partial charge is 0.342 e. The number of nitrogen functional groups attached to an aromatic ring is 1. The number of halogens is 2. The van der Waals surface area contributed by atoms with Crippen LogP contribution in [0.1, 0.15) is 32.7 Å². The monoisotopic (exact) mass is 324 g/mol. The number of carbonyl (C=O) groups is 2. The van der Waals surface area contributed by atoms with Crippen LogP contribution in [0.3, 0.4) is 0 Å². The Morgan fingerprint density at radius 1 is 1.09 bits per heavy atom. The van der Waals surface area contributed by atoms with E-state index < -0.39 is 52.0 Å². The lowest BCUT2D eigenvalue weighted by Crippen LogP contribution is -2.24. The number of pyridine rings is 1. The molecule has 0 aliphatic heterocycles. The van der Waals surface area contributed by atoms with Crippen molar-refractivity contribution in [2.75, 3.05) is 5.73 Å². The van der Waals surface area contributed by atoms with Crippen molar-refractivity contribution in [1.29, 1.82) is 0 Å². The summed E-state index contributed by atoms with van der Waals surface area (Å²) in [5.74, 6) is -4.03. The predicted molar refractivity (Wildman–Crippen MR) is 75.8 cm³/mol. The number of nitrogens with two attached hydrogens (primary N) is 1. The highest BCUT2D eigenvalue weighted by Gasteiger charge is 2.29. The van der Waals surface area contributed by atoms with Crippen LogP contribution >= 0.6 is 0 Å². The zero-order valence-electron chi connectivity index (χ0n) is 11.3. The second-order valence-electron chi connectivity index (χ2n) is 4.49. The van der Waals surface area contributed by atoms with E-state index in [2.05, 4.69) is 0 Å². The fourth-order valence-electron chi connectivity index (χ4n) is 2.23. The molecule has 23 heavy (non-hydrogen) atoms. The fraction of sp³-hybridized carbons (Fsp3) is 0.0714. The van der Waals surface area contributed by atoms with Gasteiger partial charge in [0.2, 0.25) is 0 Å². The molecule has 2 aromatic rings. The first-order chi connectivity index (χ1) is 10.8. The number of nitrogens with one attached hydrogen (secondary N) is 1. The minimum atomic E-state index is -3.00. The third-order valence-electron chi connectivity index (χ3n) is 3.14. The van der Waals surface area contributed by atoms with Gasteiger partial charge in [-0.1, -0.05) is 24.3 Å². The summed E-state index contributed by atoms with van der Waals surface area (Å²) in [6.45, 7) is 0. The van der Waals surface area contributed by atoms with Crippen LogP contribution in [0.25, 0.3) is 11.1 Å². The lowest BCUT2D eigenvalue weighted by molar-refractivity contribution is 0.0695. The Morgan fingerprint density at radius 3 is 2.17 bits per heavy atom. The molecule has 0 amide bonds. The summed E-state index contributed by atoms with van der Waals surface area (Å²) < 4.78 is 26.3. The fourth-order valence-corrected chi connectivity index (χ4v) is 2.23. The van der Waals surface area contributed by atoms with Crippen LogP contribution in [0.15, 0.2) is 29.1 Å². The van der Waals surface area contributed by atoms with Gasteiger partial charge in [-0.2, -0.15) is 0 Å². The van der Waals surface area contributed by atoms with Gasteiger partial charge in [-0.15, -0.1) is 0 Å². The number of aromatic amines is 1. The minimum Gasteiger partial charge on any atom is -0.478 e. The van der Waals surface area contributed by atoms with E-state index in [0.29, 0.717) is 0 Å². The summed E-state index contributed by atoms with van der Waals surface area (Å²) in [6.07, 6.45) is -3.00. The minimum absolute atomic E-state index is 0.380. The summed E-state index contributed by atoms with van der Waals surface area (Å²) in [6, 6.07) is 4.71. The quantitative estimate of drug-likeness (QED) is 0.679. The van der Waals surface area contributed by atoms with Crippen LogP contribution in [0.5, 0.6) is 0 Å². The first-order valence-electron chi connectivity index (χ1n) is 6.15. The molecule has 0 aliphatic carbocycles. The molecule has 0 atom stereocenters. The molecule has 0 unspecified atom stereocenters. The maximum atomic E-state index is 13.2. The molecule has 0 spiro atoms. The highest BCUT2D eigenvalue weighted by molar-refractivity contribution is 6.07. The standard InChI is InChI=1S/C14H10F2N2O5/c15-10(16)6-4-2-1-3-5(6)7-8(13(20)21)11(17)18-12(19)9(7)14(22)23/h1-4,10H,(H,20,21)(H,22,23)(H3,17,18,19). The average Bonchev–Trinajstić information content (AvgIpc) is 2.45. The SMILES string of the molecule is Nc1[nH]c(=O)c(C(=O)O)c(-c2ccccc2C(F)F)c1C(=O)O. The van der Waals surface area contributed by atoms with Gasteiger partial charge in [-0.05, 0) is 5.56 Å². The van der Waals surface area contributed by atoms with Gasteiger partial charge in [-0.25, -0.2) is 18.4 Å². The topological polar surface area (TPSA) is 133 Å². The van der Waals surface area contributed by atoms with Crippen LogP contribution in [0.2, 0.25) is 0 Å². The lowest BCUT2D eigenvalue weighted by atomic mass is 9.92. The van der Waals surface area contributed by atoms with Crippen molar-refractivity contribution in [2.45, 2.75) is 6.43 Å². The second kappa shape index (κ2) is 5.87. The van der Waals surface area contributed by atoms with Gasteiger partial charge in [0.25, 0.3) is 12.0 Å². The van der Waals surface area contributed by atoms with Gasteiger partial charge >= 0.3 is 11.9 Å². The van der Waals surface area contributed by atoms with Crippen LogP contribution < -0.4 is 11.3 Å².